The highest BCUT2D eigenvalue weighted by molar-refractivity contribution is 5.88. The van der Waals surface area contributed by atoms with E-state index >= 15 is 0 Å². The molecule has 0 aromatic heterocycles. The predicted octanol–water partition coefficient (Wildman–Crippen LogP) is 3.59. The molecule has 2 N–H and O–H groups in total. The van der Waals surface area contributed by atoms with E-state index in [0.717, 1.165) is 44.3 Å². The summed E-state index contributed by atoms with van der Waals surface area (Å²) in [5, 5.41) is 5.51. The zero-order valence-electron chi connectivity index (χ0n) is 19.7. The van der Waals surface area contributed by atoms with Crippen molar-refractivity contribution in [2.75, 3.05) is 13.1 Å². The van der Waals surface area contributed by atoms with Gasteiger partial charge in [-0.3, -0.25) is 9.59 Å². The summed E-state index contributed by atoms with van der Waals surface area (Å²) in [5.41, 5.74) is 0.512. The first-order valence-electron chi connectivity index (χ1n) is 11.4. The number of carbonyl (C=O) groups is 3. The Hall–Kier alpha value is -2.83. The fourth-order valence-electron chi connectivity index (χ4n) is 3.46. The lowest BCUT2D eigenvalue weighted by Gasteiger charge is -2.26. The molecule has 176 valence electrons. The summed E-state index contributed by atoms with van der Waals surface area (Å²) in [6.07, 6.45) is 7.29. The third-order valence-corrected chi connectivity index (χ3v) is 5.18. The first kappa shape index (κ1) is 25.4. The second kappa shape index (κ2) is 12.3. The van der Waals surface area contributed by atoms with Gasteiger partial charge in [-0.25, -0.2) is 4.79 Å². The molecule has 7 heteroatoms. The number of piperidine rings is 1. The van der Waals surface area contributed by atoms with Crippen LogP contribution < -0.4 is 10.6 Å². The van der Waals surface area contributed by atoms with Gasteiger partial charge < -0.3 is 20.3 Å². The van der Waals surface area contributed by atoms with Crippen molar-refractivity contribution in [2.24, 2.45) is 0 Å². The lowest BCUT2D eigenvalue weighted by Crippen LogP contribution is -2.49. The van der Waals surface area contributed by atoms with E-state index in [-0.39, 0.29) is 17.9 Å². The summed E-state index contributed by atoms with van der Waals surface area (Å²) in [6.45, 7) is 8.46. The van der Waals surface area contributed by atoms with Gasteiger partial charge in [0, 0.05) is 25.2 Å². The lowest BCUT2D eigenvalue weighted by atomic mass is 10.0. The minimum Gasteiger partial charge on any atom is -0.444 e. The molecule has 1 aromatic carbocycles. The molecule has 1 heterocycles. The first-order valence-corrected chi connectivity index (χ1v) is 11.4. The number of alkyl carbamates (subject to hydrolysis) is 1. The molecule has 1 aromatic rings. The van der Waals surface area contributed by atoms with Crippen molar-refractivity contribution in [3.8, 4) is 0 Å². The Bertz CT molecular complexity index is 780. The Labute approximate surface area is 191 Å². The van der Waals surface area contributed by atoms with Crippen LogP contribution in [-0.2, 0) is 20.7 Å². The van der Waals surface area contributed by atoms with Crippen LogP contribution in [0, 0.1) is 0 Å². The molecule has 2 rings (SSSR count). The monoisotopic (exact) mass is 443 g/mol. The van der Waals surface area contributed by atoms with Crippen LogP contribution >= 0.6 is 0 Å². The number of likely N-dealkylation sites (tertiary alicyclic amines) is 1. The van der Waals surface area contributed by atoms with Crippen LogP contribution in [0.4, 0.5) is 4.79 Å². The second-order valence-electron chi connectivity index (χ2n) is 9.25. The van der Waals surface area contributed by atoms with Gasteiger partial charge in [-0.05, 0) is 65.4 Å². The Morgan fingerprint density at radius 3 is 2.34 bits per heavy atom. The van der Waals surface area contributed by atoms with E-state index in [0.29, 0.717) is 6.42 Å². The molecule has 1 saturated heterocycles. The summed E-state index contributed by atoms with van der Waals surface area (Å²) < 4.78 is 5.22. The van der Waals surface area contributed by atoms with Crippen molar-refractivity contribution in [2.45, 2.75) is 77.5 Å². The van der Waals surface area contributed by atoms with Crippen LogP contribution in [0.2, 0.25) is 0 Å². The number of rotatable bonds is 8. The van der Waals surface area contributed by atoms with Crippen molar-refractivity contribution in [3.05, 3.63) is 48.0 Å². The molecule has 0 spiro atoms. The highest BCUT2D eigenvalue weighted by atomic mass is 16.6. The summed E-state index contributed by atoms with van der Waals surface area (Å²) in [5.74, 6) is -0.354. The van der Waals surface area contributed by atoms with Crippen LogP contribution in [-0.4, -0.2) is 53.6 Å². The third-order valence-electron chi connectivity index (χ3n) is 5.18. The number of benzene rings is 1. The van der Waals surface area contributed by atoms with Gasteiger partial charge in [0.15, 0.2) is 0 Å². The zero-order valence-corrected chi connectivity index (χ0v) is 19.7. The Kier molecular flexibility index (Phi) is 9.75. The normalized spacial score (nSPS) is 16.3. The van der Waals surface area contributed by atoms with Gasteiger partial charge in [0.1, 0.15) is 11.6 Å². The van der Waals surface area contributed by atoms with Gasteiger partial charge in [-0.1, -0.05) is 36.4 Å². The van der Waals surface area contributed by atoms with Gasteiger partial charge in [0.05, 0.1) is 0 Å². The quantitative estimate of drug-likeness (QED) is 0.601. The number of ether oxygens (including phenoxy) is 1. The maximum absolute atomic E-state index is 12.7. The highest BCUT2D eigenvalue weighted by Gasteiger charge is 2.22. The SMILES string of the molecule is C[C@H](NC(=O)OC(C)(C)C)C(=O)N[C@H](/C=C/C(=O)N1CCCCC1)CCc1ccccc1. The van der Waals surface area contributed by atoms with Crippen molar-refractivity contribution in [1.29, 1.82) is 0 Å². The van der Waals surface area contributed by atoms with E-state index in [1.807, 2.05) is 35.2 Å². The average Bonchev–Trinajstić information content (AvgIpc) is 2.75. The van der Waals surface area contributed by atoms with Crippen molar-refractivity contribution in [1.82, 2.24) is 15.5 Å². The maximum atomic E-state index is 12.7. The smallest absolute Gasteiger partial charge is 0.408 e. The number of amides is 3. The molecule has 32 heavy (non-hydrogen) atoms. The molecule has 0 saturated carbocycles. The maximum Gasteiger partial charge on any atom is 0.408 e. The molecular formula is C25H37N3O4. The van der Waals surface area contributed by atoms with Gasteiger partial charge in [0.2, 0.25) is 11.8 Å². The molecule has 1 aliphatic rings. The van der Waals surface area contributed by atoms with E-state index in [2.05, 4.69) is 10.6 Å². The minimum absolute atomic E-state index is 0.0245. The third kappa shape index (κ3) is 9.54. The minimum atomic E-state index is -0.768. The average molecular weight is 444 g/mol. The molecule has 2 atom stereocenters. The highest BCUT2D eigenvalue weighted by Crippen LogP contribution is 2.11. The first-order chi connectivity index (χ1) is 15.1. The van der Waals surface area contributed by atoms with E-state index in [4.69, 9.17) is 4.74 Å². The molecule has 0 unspecified atom stereocenters. The number of aryl methyl sites for hydroxylation is 1. The van der Waals surface area contributed by atoms with Crippen LogP contribution in [0.1, 0.15) is 58.9 Å². The second-order valence-corrected chi connectivity index (χ2v) is 9.25. The number of nitrogens with zero attached hydrogens (tertiary/aromatic N) is 1. The van der Waals surface area contributed by atoms with Crippen molar-refractivity contribution >= 4 is 17.9 Å². The molecule has 0 radical (unpaired) electrons. The van der Waals surface area contributed by atoms with Gasteiger partial charge in [-0.2, -0.15) is 0 Å². The molecule has 0 bridgehead atoms. The fourth-order valence-corrected chi connectivity index (χ4v) is 3.46. The number of hydrogen-bond acceptors (Lipinski definition) is 4. The summed E-state index contributed by atoms with van der Waals surface area (Å²) >= 11 is 0. The van der Waals surface area contributed by atoms with Crippen molar-refractivity contribution < 1.29 is 19.1 Å². The molecule has 1 aliphatic heterocycles. The topological polar surface area (TPSA) is 87.7 Å². The van der Waals surface area contributed by atoms with Crippen LogP contribution in [0.25, 0.3) is 0 Å². The fraction of sp³-hybridized carbons (Fsp3) is 0.560. The Morgan fingerprint density at radius 2 is 1.72 bits per heavy atom. The predicted molar refractivity (Wildman–Crippen MR) is 125 cm³/mol. The van der Waals surface area contributed by atoms with E-state index in [1.54, 1.807) is 39.8 Å². The van der Waals surface area contributed by atoms with E-state index < -0.39 is 17.7 Å². The van der Waals surface area contributed by atoms with Gasteiger partial charge >= 0.3 is 6.09 Å². The number of carbonyl (C=O) groups excluding carboxylic acids is 3. The zero-order chi connectivity index (χ0) is 23.6. The Morgan fingerprint density at radius 1 is 1.06 bits per heavy atom. The molecular weight excluding hydrogens is 406 g/mol. The molecule has 7 nitrogen and oxygen atoms in total. The molecule has 3 amide bonds. The largest absolute Gasteiger partial charge is 0.444 e. The number of nitrogens with one attached hydrogen (secondary N) is 2. The number of hydrogen-bond donors (Lipinski definition) is 2. The summed E-state index contributed by atoms with van der Waals surface area (Å²) in [6, 6.07) is 8.89. The molecule has 0 aliphatic carbocycles. The standard InChI is InChI=1S/C25H37N3O4/c1-19(26-24(31)32-25(2,3)4)23(30)27-21(14-13-20-11-7-5-8-12-20)15-16-22(29)28-17-9-6-10-18-28/h5,7-8,11-12,15-16,19,21H,6,9-10,13-14,17-18H2,1-4H3,(H,26,31)(H,27,30)/b16-15+/t19-,21-/m0/s1. The van der Waals surface area contributed by atoms with Crippen molar-refractivity contribution in [3.63, 3.8) is 0 Å². The lowest BCUT2D eigenvalue weighted by molar-refractivity contribution is -0.127. The van der Waals surface area contributed by atoms with Crippen LogP contribution in [0.15, 0.2) is 42.5 Å². The van der Waals surface area contributed by atoms with Crippen LogP contribution in [0.3, 0.4) is 0 Å². The van der Waals surface area contributed by atoms with E-state index in [9.17, 15) is 14.4 Å². The van der Waals surface area contributed by atoms with Gasteiger partial charge in [-0.15, -0.1) is 0 Å². The summed E-state index contributed by atoms with van der Waals surface area (Å²) in [4.78, 5) is 39.1. The van der Waals surface area contributed by atoms with E-state index in [1.165, 1.54) is 0 Å². The van der Waals surface area contributed by atoms with Crippen LogP contribution in [0.5, 0.6) is 0 Å². The van der Waals surface area contributed by atoms with Gasteiger partial charge in [0.25, 0.3) is 0 Å². The molecule has 1 fully saturated rings. The summed E-state index contributed by atoms with van der Waals surface area (Å²) in [7, 11) is 0. The Balaban J connectivity index is 1.98.